The Morgan fingerprint density at radius 1 is 0.841 bits per heavy atom. The minimum Gasteiger partial charge on any atom is -0.352 e. The fourth-order valence-electron chi connectivity index (χ4n) is 5.91. The highest BCUT2D eigenvalue weighted by atomic mass is 35.5. The van der Waals surface area contributed by atoms with Crippen molar-refractivity contribution >= 4 is 49.9 Å². The van der Waals surface area contributed by atoms with Crippen molar-refractivity contribution in [2.24, 2.45) is 0 Å². The second-order valence-corrected chi connectivity index (χ2v) is 13.8. The maximum atomic E-state index is 14.4. The van der Waals surface area contributed by atoms with Gasteiger partial charge in [0.1, 0.15) is 12.6 Å². The second-order valence-electron chi connectivity index (χ2n) is 11.5. The zero-order valence-electron chi connectivity index (χ0n) is 24.9. The molecule has 7 nitrogen and oxygen atoms in total. The van der Waals surface area contributed by atoms with Crippen molar-refractivity contribution < 1.29 is 18.0 Å². The predicted octanol–water partition coefficient (Wildman–Crippen LogP) is 6.35. The van der Waals surface area contributed by atoms with Crippen LogP contribution in [-0.4, -0.2) is 50.0 Å². The van der Waals surface area contributed by atoms with Gasteiger partial charge in [0.15, 0.2) is 0 Å². The quantitative estimate of drug-likeness (QED) is 0.209. The first-order chi connectivity index (χ1) is 21.2. The lowest BCUT2D eigenvalue weighted by Gasteiger charge is -2.35. The van der Waals surface area contributed by atoms with Gasteiger partial charge in [-0.1, -0.05) is 110 Å². The van der Waals surface area contributed by atoms with E-state index in [-0.39, 0.29) is 24.9 Å². The van der Waals surface area contributed by atoms with Gasteiger partial charge in [0.2, 0.25) is 21.8 Å². The Bertz CT molecular complexity index is 1690. The van der Waals surface area contributed by atoms with E-state index in [2.05, 4.69) is 5.32 Å². The maximum Gasteiger partial charge on any atom is 0.244 e. The molecular weight excluding hydrogens is 594 g/mol. The summed E-state index contributed by atoms with van der Waals surface area (Å²) in [6.45, 7) is -0.346. The third-order valence-corrected chi connectivity index (χ3v) is 9.58. The van der Waals surface area contributed by atoms with Gasteiger partial charge in [0, 0.05) is 29.4 Å². The number of carbonyl (C=O) groups excluding carboxylic acids is 2. The molecule has 9 heteroatoms. The molecule has 1 aliphatic rings. The summed E-state index contributed by atoms with van der Waals surface area (Å²) in [6, 6.07) is 28.8. The lowest BCUT2D eigenvalue weighted by molar-refractivity contribution is -0.140. The molecule has 1 aliphatic carbocycles. The predicted molar refractivity (Wildman–Crippen MR) is 177 cm³/mol. The topological polar surface area (TPSA) is 86.8 Å². The summed E-state index contributed by atoms with van der Waals surface area (Å²) in [5, 5.41) is 5.36. The van der Waals surface area contributed by atoms with Crippen LogP contribution in [0.4, 0.5) is 5.69 Å². The van der Waals surface area contributed by atoms with Gasteiger partial charge >= 0.3 is 0 Å². The summed E-state index contributed by atoms with van der Waals surface area (Å²) in [5.41, 5.74) is 2.10. The number of anilines is 1. The average Bonchev–Trinajstić information content (AvgIpc) is 3.02. The third-order valence-electron chi connectivity index (χ3n) is 8.20. The molecule has 0 spiro atoms. The van der Waals surface area contributed by atoms with Crippen molar-refractivity contribution in [1.29, 1.82) is 0 Å². The lowest BCUT2D eigenvalue weighted by Crippen LogP contribution is -2.55. The molecule has 0 bridgehead atoms. The molecule has 1 atom stereocenters. The molecule has 1 N–H and O–H groups in total. The Morgan fingerprint density at radius 3 is 2.20 bits per heavy atom. The van der Waals surface area contributed by atoms with Gasteiger partial charge in [-0.3, -0.25) is 13.9 Å². The molecule has 0 aromatic heterocycles. The number of fused-ring (bicyclic) bond motifs is 1. The molecule has 0 radical (unpaired) electrons. The standard InChI is InChI=1S/C35H38ClN3O4S/c1-44(42,43)39(32-18-10-14-28-13-8-9-17-31(28)32)25-34(40)38(24-27-19-21-29(36)22-20-27)33(23-26-11-4-2-5-12-26)35(41)37-30-15-6-3-7-16-30/h2,4-5,8-14,17-22,30,33H,3,6-7,15-16,23-25H2,1H3,(H,37,41)/t33-/m0/s1. The number of halogens is 1. The van der Waals surface area contributed by atoms with E-state index >= 15 is 0 Å². The van der Waals surface area contributed by atoms with Crippen molar-refractivity contribution in [1.82, 2.24) is 10.2 Å². The molecule has 0 unspecified atom stereocenters. The third kappa shape index (κ3) is 7.98. The molecule has 1 saturated carbocycles. The van der Waals surface area contributed by atoms with Gasteiger partial charge in [-0.25, -0.2) is 8.42 Å². The van der Waals surface area contributed by atoms with Crippen molar-refractivity contribution in [2.75, 3.05) is 17.1 Å². The molecule has 5 rings (SSSR count). The van der Waals surface area contributed by atoms with E-state index in [0.29, 0.717) is 16.1 Å². The van der Waals surface area contributed by atoms with Crippen LogP contribution in [-0.2, 0) is 32.6 Å². The van der Waals surface area contributed by atoms with Crippen LogP contribution in [0.15, 0.2) is 97.1 Å². The minimum atomic E-state index is -3.88. The number of nitrogens with one attached hydrogen (secondary N) is 1. The Morgan fingerprint density at radius 2 is 1.50 bits per heavy atom. The number of sulfonamides is 1. The van der Waals surface area contributed by atoms with Crippen molar-refractivity contribution in [3.63, 3.8) is 0 Å². The molecule has 0 saturated heterocycles. The molecular formula is C35H38ClN3O4S. The van der Waals surface area contributed by atoms with Crippen LogP contribution in [0.1, 0.15) is 43.2 Å². The monoisotopic (exact) mass is 631 g/mol. The molecule has 0 heterocycles. The first-order valence-electron chi connectivity index (χ1n) is 15.0. The zero-order valence-corrected chi connectivity index (χ0v) is 26.4. The second kappa shape index (κ2) is 14.3. The van der Waals surface area contributed by atoms with Gasteiger partial charge in [0.05, 0.1) is 11.9 Å². The van der Waals surface area contributed by atoms with Crippen molar-refractivity contribution in [2.45, 2.75) is 57.2 Å². The maximum absolute atomic E-state index is 14.4. The number of carbonyl (C=O) groups is 2. The van der Waals surface area contributed by atoms with Gasteiger partial charge in [-0.05, 0) is 47.6 Å². The summed E-state index contributed by atoms with van der Waals surface area (Å²) in [6.07, 6.45) is 6.44. The van der Waals surface area contributed by atoms with E-state index in [1.54, 1.807) is 24.3 Å². The molecule has 0 aliphatic heterocycles. The van der Waals surface area contributed by atoms with Gasteiger partial charge in [-0.2, -0.15) is 0 Å². The highest BCUT2D eigenvalue weighted by molar-refractivity contribution is 7.92. The van der Waals surface area contributed by atoms with E-state index in [1.165, 1.54) is 4.90 Å². The average molecular weight is 632 g/mol. The minimum absolute atomic E-state index is 0.0465. The first kappa shape index (κ1) is 31.5. The van der Waals surface area contributed by atoms with Gasteiger partial charge in [0.25, 0.3) is 0 Å². The molecule has 2 amide bonds. The summed E-state index contributed by atoms with van der Waals surface area (Å²) < 4.78 is 27.6. The number of rotatable bonds is 11. The number of nitrogens with zero attached hydrogens (tertiary/aromatic N) is 2. The van der Waals surface area contributed by atoms with Crippen molar-refractivity contribution in [3.8, 4) is 0 Å². The summed E-state index contributed by atoms with van der Waals surface area (Å²) >= 11 is 6.16. The number of benzene rings is 4. The Labute approximate surface area is 264 Å². The van der Waals surface area contributed by atoms with Crippen LogP contribution in [0.3, 0.4) is 0 Å². The smallest absolute Gasteiger partial charge is 0.244 e. The van der Waals surface area contributed by atoms with E-state index in [9.17, 15) is 18.0 Å². The number of hydrogen-bond acceptors (Lipinski definition) is 4. The van der Waals surface area contributed by atoms with Gasteiger partial charge < -0.3 is 10.2 Å². The van der Waals surface area contributed by atoms with E-state index in [4.69, 9.17) is 11.6 Å². The van der Waals surface area contributed by atoms with E-state index in [1.807, 2.05) is 72.8 Å². The largest absolute Gasteiger partial charge is 0.352 e. The molecule has 44 heavy (non-hydrogen) atoms. The Hall–Kier alpha value is -3.88. The Balaban J connectivity index is 1.54. The number of amides is 2. The van der Waals surface area contributed by atoms with Gasteiger partial charge in [-0.15, -0.1) is 0 Å². The summed E-state index contributed by atoms with van der Waals surface area (Å²) in [7, 11) is -3.88. The van der Waals surface area contributed by atoms with Crippen LogP contribution >= 0.6 is 11.6 Å². The molecule has 4 aromatic rings. The van der Waals surface area contributed by atoms with Crippen LogP contribution in [0.25, 0.3) is 10.8 Å². The van der Waals surface area contributed by atoms with Crippen LogP contribution < -0.4 is 9.62 Å². The highest BCUT2D eigenvalue weighted by Crippen LogP contribution is 2.29. The number of hydrogen-bond donors (Lipinski definition) is 1. The summed E-state index contributed by atoms with van der Waals surface area (Å²) in [5.74, 6) is -0.711. The highest BCUT2D eigenvalue weighted by Gasteiger charge is 2.34. The fraction of sp³-hybridized carbons (Fsp3) is 0.314. The first-order valence-corrected chi connectivity index (χ1v) is 17.3. The summed E-state index contributed by atoms with van der Waals surface area (Å²) in [4.78, 5) is 30.0. The fourth-order valence-corrected chi connectivity index (χ4v) is 6.89. The van der Waals surface area contributed by atoms with Crippen LogP contribution in [0.2, 0.25) is 5.02 Å². The normalized spacial score (nSPS) is 14.6. The Kier molecular flexibility index (Phi) is 10.2. The lowest BCUT2D eigenvalue weighted by atomic mass is 9.94. The van der Waals surface area contributed by atoms with Crippen LogP contribution in [0.5, 0.6) is 0 Å². The molecule has 4 aromatic carbocycles. The molecule has 1 fully saturated rings. The van der Waals surface area contributed by atoms with Crippen molar-refractivity contribution in [3.05, 3.63) is 113 Å². The SMILES string of the molecule is CS(=O)(=O)N(CC(=O)N(Cc1ccc(Cl)cc1)[C@@H](Cc1ccccc1)C(=O)NC1CCCCC1)c1cccc2ccccc12. The van der Waals surface area contributed by atoms with E-state index in [0.717, 1.165) is 59.2 Å². The van der Waals surface area contributed by atoms with Crippen LogP contribution in [0, 0.1) is 0 Å². The molecule has 230 valence electrons. The zero-order chi connectivity index (χ0) is 31.1. The van der Waals surface area contributed by atoms with E-state index < -0.39 is 28.5 Å².